The van der Waals surface area contributed by atoms with Gasteiger partial charge in [0.2, 0.25) is 0 Å². The Balaban J connectivity index is 2.01. The van der Waals surface area contributed by atoms with Crippen LogP contribution in [0.1, 0.15) is 31.8 Å². The summed E-state index contributed by atoms with van der Waals surface area (Å²) in [7, 11) is 0. The van der Waals surface area contributed by atoms with E-state index in [4.69, 9.17) is 0 Å². The fraction of sp³-hybridized carbons (Fsp3) is 0.125. The van der Waals surface area contributed by atoms with Crippen molar-refractivity contribution in [1.82, 2.24) is 5.32 Å². The van der Waals surface area contributed by atoms with Gasteiger partial charge in [0.05, 0.1) is 0 Å². The van der Waals surface area contributed by atoms with Crippen molar-refractivity contribution in [2.24, 2.45) is 0 Å². The highest BCUT2D eigenvalue weighted by Gasteiger charge is 2.19. The van der Waals surface area contributed by atoms with Crippen LogP contribution in [0.3, 0.4) is 0 Å². The molecule has 0 aliphatic carbocycles. The van der Waals surface area contributed by atoms with E-state index >= 15 is 0 Å². The third-order valence-electron chi connectivity index (χ3n) is 3.38. The Bertz CT molecular complexity index is 709. The van der Waals surface area contributed by atoms with Crippen LogP contribution in [0, 0.1) is 0 Å². The Hall–Kier alpha value is -1.94. The van der Waals surface area contributed by atoms with Crippen LogP contribution in [-0.4, -0.2) is 18.2 Å². The number of carbonyl (C=O) groups excluding carboxylic acids is 2. The minimum Gasteiger partial charge on any atom is -0.352 e. The van der Waals surface area contributed by atoms with Crippen molar-refractivity contribution in [2.45, 2.75) is 6.42 Å². The summed E-state index contributed by atoms with van der Waals surface area (Å²) in [4.78, 5) is 24.3. The minimum absolute atomic E-state index is 0.0764. The van der Waals surface area contributed by atoms with Gasteiger partial charge in [0.1, 0.15) is 0 Å². The van der Waals surface area contributed by atoms with Crippen molar-refractivity contribution < 1.29 is 9.59 Å². The summed E-state index contributed by atoms with van der Waals surface area (Å²) in [5.41, 5.74) is 2.76. The average molecular weight is 330 g/mol. The van der Waals surface area contributed by atoms with Crippen LogP contribution < -0.4 is 5.32 Å². The maximum atomic E-state index is 12.4. The monoisotopic (exact) mass is 329 g/mol. The van der Waals surface area contributed by atoms with Crippen LogP contribution >= 0.6 is 15.9 Å². The summed E-state index contributed by atoms with van der Waals surface area (Å²) in [6.45, 7) is 0.657. The van der Waals surface area contributed by atoms with Crippen LogP contribution in [-0.2, 0) is 6.42 Å². The van der Waals surface area contributed by atoms with E-state index in [9.17, 15) is 9.59 Å². The third kappa shape index (κ3) is 2.39. The summed E-state index contributed by atoms with van der Waals surface area (Å²) >= 11 is 3.36. The van der Waals surface area contributed by atoms with Crippen LogP contribution in [0.25, 0.3) is 0 Å². The number of halogens is 1. The SMILES string of the molecule is O=C(c1cccc(Br)c1)c1ccc2c(c1)C(=O)NCC2. The molecule has 2 aromatic carbocycles. The lowest BCUT2D eigenvalue weighted by Gasteiger charge is -2.16. The van der Waals surface area contributed by atoms with Crippen molar-refractivity contribution in [3.05, 3.63) is 69.2 Å². The number of benzene rings is 2. The molecule has 0 bridgehead atoms. The number of amides is 1. The standard InChI is InChI=1S/C16H12BrNO2/c17-13-3-1-2-11(8-13)15(19)12-5-4-10-6-7-18-16(20)14(10)9-12/h1-5,8-9H,6-7H2,(H,18,20). The van der Waals surface area contributed by atoms with E-state index in [0.717, 1.165) is 16.5 Å². The number of carbonyl (C=O) groups is 2. The molecular weight excluding hydrogens is 318 g/mol. The van der Waals surface area contributed by atoms with Gasteiger partial charge >= 0.3 is 0 Å². The molecule has 0 saturated heterocycles. The van der Waals surface area contributed by atoms with Crippen molar-refractivity contribution in [3.63, 3.8) is 0 Å². The quantitative estimate of drug-likeness (QED) is 0.861. The average Bonchev–Trinajstić information content (AvgIpc) is 2.47. The normalized spacial score (nSPS) is 13.6. The molecule has 0 unspecified atom stereocenters. The van der Waals surface area contributed by atoms with Gasteiger partial charge in [-0.05, 0) is 30.2 Å². The second-order valence-corrected chi connectivity index (χ2v) is 5.63. The fourth-order valence-electron chi connectivity index (χ4n) is 2.35. The highest BCUT2D eigenvalue weighted by Crippen LogP contribution is 2.20. The van der Waals surface area contributed by atoms with Gasteiger partial charge in [0.15, 0.2) is 5.78 Å². The first-order valence-corrected chi connectivity index (χ1v) is 7.16. The molecular formula is C16H12BrNO2. The van der Waals surface area contributed by atoms with Crippen LogP contribution in [0.15, 0.2) is 46.9 Å². The fourth-order valence-corrected chi connectivity index (χ4v) is 2.75. The van der Waals surface area contributed by atoms with Crippen LogP contribution in [0.4, 0.5) is 0 Å². The molecule has 20 heavy (non-hydrogen) atoms. The zero-order valence-electron chi connectivity index (χ0n) is 10.7. The van der Waals surface area contributed by atoms with E-state index in [-0.39, 0.29) is 11.7 Å². The number of ketones is 1. The Kier molecular flexibility index (Phi) is 3.40. The van der Waals surface area contributed by atoms with Gasteiger partial charge < -0.3 is 5.32 Å². The van der Waals surface area contributed by atoms with Crippen molar-refractivity contribution in [3.8, 4) is 0 Å². The molecule has 0 fully saturated rings. The molecule has 1 aliphatic rings. The number of hydrogen-bond acceptors (Lipinski definition) is 2. The second kappa shape index (κ2) is 5.21. The summed E-state index contributed by atoms with van der Waals surface area (Å²) in [6, 6.07) is 12.6. The molecule has 0 aromatic heterocycles. The van der Waals surface area contributed by atoms with Crippen LogP contribution in [0.2, 0.25) is 0 Å². The lowest BCUT2D eigenvalue weighted by Crippen LogP contribution is -2.32. The molecule has 0 spiro atoms. The highest BCUT2D eigenvalue weighted by molar-refractivity contribution is 9.10. The first-order valence-electron chi connectivity index (χ1n) is 6.36. The van der Waals surface area contributed by atoms with E-state index in [2.05, 4.69) is 21.2 Å². The van der Waals surface area contributed by atoms with Crippen LogP contribution in [0.5, 0.6) is 0 Å². The molecule has 1 aliphatic heterocycles. The van der Waals surface area contributed by atoms with Crippen molar-refractivity contribution in [2.75, 3.05) is 6.54 Å². The molecule has 3 rings (SSSR count). The lowest BCUT2D eigenvalue weighted by molar-refractivity contribution is 0.0946. The van der Waals surface area contributed by atoms with Crippen molar-refractivity contribution >= 4 is 27.6 Å². The first kappa shape index (κ1) is 13.1. The summed E-state index contributed by atoms with van der Waals surface area (Å²) < 4.78 is 0.860. The Morgan fingerprint density at radius 2 is 1.90 bits per heavy atom. The minimum atomic E-state index is -0.102. The van der Waals surface area contributed by atoms with Gasteiger partial charge in [-0.1, -0.05) is 40.2 Å². The van der Waals surface area contributed by atoms with E-state index < -0.39 is 0 Å². The Labute approximate surface area is 125 Å². The van der Waals surface area contributed by atoms with Gasteiger partial charge in [-0.25, -0.2) is 0 Å². The summed E-state index contributed by atoms with van der Waals surface area (Å²) in [5.74, 6) is -0.178. The van der Waals surface area contributed by atoms with Crippen molar-refractivity contribution in [1.29, 1.82) is 0 Å². The van der Waals surface area contributed by atoms with E-state index in [0.29, 0.717) is 23.2 Å². The summed E-state index contributed by atoms with van der Waals surface area (Å²) in [5, 5.41) is 2.80. The zero-order valence-corrected chi connectivity index (χ0v) is 12.2. The number of fused-ring (bicyclic) bond motifs is 1. The van der Waals surface area contributed by atoms with Gasteiger partial charge in [-0.15, -0.1) is 0 Å². The molecule has 1 amide bonds. The molecule has 0 atom stereocenters. The van der Waals surface area contributed by atoms with Gasteiger partial charge in [-0.2, -0.15) is 0 Å². The molecule has 0 saturated carbocycles. The summed E-state index contributed by atoms with van der Waals surface area (Å²) in [6.07, 6.45) is 0.812. The number of nitrogens with one attached hydrogen (secondary N) is 1. The molecule has 2 aromatic rings. The topological polar surface area (TPSA) is 46.2 Å². The smallest absolute Gasteiger partial charge is 0.251 e. The second-order valence-electron chi connectivity index (χ2n) is 4.72. The Morgan fingerprint density at radius 3 is 2.70 bits per heavy atom. The third-order valence-corrected chi connectivity index (χ3v) is 3.88. The highest BCUT2D eigenvalue weighted by atomic mass is 79.9. The first-order chi connectivity index (χ1) is 9.65. The molecule has 100 valence electrons. The maximum Gasteiger partial charge on any atom is 0.251 e. The van der Waals surface area contributed by atoms with E-state index in [1.807, 2.05) is 18.2 Å². The largest absolute Gasteiger partial charge is 0.352 e. The van der Waals surface area contributed by atoms with E-state index in [1.165, 1.54) is 0 Å². The zero-order chi connectivity index (χ0) is 14.1. The molecule has 3 nitrogen and oxygen atoms in total. The molecule has 1 heterocycles. The molecule has 0 radical (unpaired) electrons. The number of hydrogen-bond donors (Lipinski definition) is 1. The number of rotatable bonds is 2. The lowest BCUT2D eigenvalue weighted by atomic mass is 9.94. The molecule has 1 N–H and O–H groups in total. The maximum absolute atomic E-state index is 12.4. The van der Waals surface area contributed by atoms with Gasteiger partial charge in [0, 0.05) is 27.7 Å². The predicted octanol–water partition coefficient (Wildman–Crippen LogP) is 2.97. The van der Waals surface area contributed by atoms with Gasteiger partial charge in [0.25, 0.3) is 5.91 Å². The predicted molar refractivity (Wildman–Crippen MR) is 80.1 cm³/mol. The van der Waals surface area contributed by atoms with E-state index in [1.54, 1.807) is 24.3 Å². The Morgan fingerprint density at radius 1 is 1.10 bits per heavy atom. The molecule has 4 heteroatoms. The van der Waals surface area contributed by atoms with Gasteiger partial charge in [-0.3, -0.25) is 9.59 Å².